The maximum absolute atomic E-state index is 5.71. The average molecular weight is 323 g/mol. The molecule has 0 unspecified atom stereocenters. The zero-order valence-electron chi connectivity index (χ0n) is 14.5. The summed E-state index contributed by atoms with van der Waals surface area (Å²) in [7, 11) is 0. The summed E-state index contributed by atoms with van der Waals surface area (Å²) < 4.78 is 10.8. The highest BCUT2D eigenvalue weighted by Gasteiger charge is 2.21. The van der Waals surface area contributed by atoms with Crippen molar-refractivity contribution in [2.75, 3.05) is 32.8 Å². The number of hydrogen-bond acceptors (Lipinski definition) is 5. The Labute approximate surface area is 138 Å². The number of aliphatic imine (C=N–C) groups is 1. The van der Waals surface area contributed by atoms with Crippen molar-refractivity contribution in [2.24, 2.45) is 4.99 Å². The molecule has 0 atom stereocenters. The first kappa shape index (κ1) is 17.7. The van der Waals surface area contributed by atoms with Crippen molar-refractivity contribution in [3.8, 4) is 0 Å². The summed E-state index contributed by atoms with van der Waals surface area (Å²) in [5.74, 6) is 2.39. The van der Waals surface area contributed by atoms with E-state index in [9.17, 15) is 0 Å². The van der Waals surface area contributed by atoms with Gasteiger partial charge in [0.2, 0.25) is 5.89 Å². The Balaban J connectivity index is 1.78. The molecule has 7 heteroatoms. The maximum atomic E-state index is 5.71. The number of nitrogens with zero attached hydrogens (tertiary/aromatic N) is 4. The third kappa shape index (κ3) is 5.82. The predicted octanol–water partition coefficient (Wildman–Crippen LogP) is 1.78. The molecule has 1 fully saturated rings. The largest absolute Gasteiger partial charge is 0.378 e. The fraction of sp³-hybridized carbons (Fsp3) is 0.812. The second kappa shape index (κ2) is 9.50. The van der Waals surface area contributed by atoms with Crippen molar-refractivity contribution < 1.29 is 9.26 Å². The Bertz CT molecular complexity index is 481. The Morgan fingerprint density at radius 2 is 2.17 bits per heavy atom. The van der Waals surface area contributed by atoms with Gasteiger partial charge in [-0.1, -0.05) is 5.16 Å². The van der Waals surface area contributed by atoms with Gasteiger partial charge in [0, 0.05) is 39.2 Å². The molecular weight excluding hydrogens is 294 g/mol. The van der Waals surface area contributed by atoms with Gasteiger partial charge in [0.15, 0.2) is 11.8 Å². The minimum absolute atomic E-state index is 0.403. The molecule has 1 aromatic rings. The van der Waals surface area contributed by atoms with Crippen molar-refractivity contribution >= 4 is 5.96 Å². The molecular formula is C16H29N5O2. The van der Waals surface area contributed by atoms with Crippen LogP contribution in [0.5, 0.6) is 0 Å². The summed E-state index contributed by atoms with van der Waals surface area (Å²) >= 11 is 0. The summed E-state index contributed by atoms with van der Waals surface area (Å²) in [6.45, 7) is 10.4. The van der Waals surface area contributed by atoms with E-state index in [4.69, 9.17) is 14.3 Å². The molecule has 2 rings (SSSR count). The Hall–Kier alpha value is -1.63. The lowest BCUT2D eigenvalue weighted by Crippen LogP contribution is -2.47. The number of aromatic nitrogens is 2. The Morgan fingerprint density at radius 1 is 1.39 bits per heavy atom. The van der Waals surface area contributed by atoms with Gasteiger partial charge in [-0.15, -0.1) is 0 Å². The van der Waals surface area contributed by atoms with E-state index in [0.717, 1.165) is 64.4 Å². The van der Waals surface area contributed by atoms with Crippen LogP contribution >= 0.6 is 0 Å². The first-order valence-electron chi connectivity index (χ1n) is 8.67. The van der Waals surface area contributed by atoms with Gasteiger partial charge in [0.25, 0.3) is 0 Å². The number of likely N-dealkylation sites (tertiary alicyclic amines) is 1. The van der Waals surface area contributed by atoms with E-state index in [-0.39, 0.29) is 0 Å². The smallest absolute Gasteiger partial charge is 0.226 e. The summed E-state index contributed by atoms with van der Waals surface area (Å²) in [6, 6.07) is 0. The molecule has 0 amide bonds. The molecule has 0 aromatic carbocycles. The van der Waals surface area contributed by atoms with Crippen LogP contribution < -0.4 is 5.32 Å². The molecule has 1 aromatic heterocycles. The Kier molecular flexibility index (Phi) is 7.32. The highest BCUT2D eigenvalue weighted by molar-refractivity contribution is 5.80. The monoisotopic (exact) mass is 323 g/mol. The number of hydrogen-bond donors (Lipinski definition) is 1. The van der Waals surface area contributed by atoms with E-state index >= 15 is 0 Å². The van der Waals surface area contributed by atoms with E-state index in [1.165, 1.54) is 0 Å². The molecule has 23 heavy (non-hydrogen) atoms. The van der Waals surface area contributed by atoms with Crippen LogP contribution in [-0.4, -0.2) is 59.9 Å². The van der Waals surface area contributed by atoms with Crippen molar-refractivity contribution in [3.63, 3.8) is 0 Å². The van der Waals surface area contributed by atoms with Crippen molar-refractivity contribution in [3.05, 3.63) is 11.7 Å². The second-order valence-corrected chi connectivity index (χ2v) is 5.72. The van der Waals surface area contributed by atoms with Crippen LogP contribution in [0.15, 0.2) is 9.52 Å². The quantitative estimate of drug-likeness (QED) is 0.468. The van der Waals surface area contributed by atoms with Crippen LogP contribution in [0.25, 0.3) is 0 Å². The minimum Gasteiger partial charge on any atom is -0.378 e. The molecule has 0 aliphatic carbocycles. The molecule has 0 radical (unpaired) electrons. The number of rotatable bonds is 7. The zero-order chi connectivity index (χ0) is 16.5. The zero-order valence-corrected chi connectivity index (χ0v) is 14.5. The van der Waals surface area contributed by atoms with E-state index < -0.39 is 0 Å². The van der Waals surface area contributed by atoms with Crippen molar-refractivity contribution in [1.82, 2.24) is 20.4 Å². The van der Waals surface area contributed by atoms with Gasteiger partial charge in [0.05, 0.1) is 6.10 Å². The third-order valence-electron chi connectivity index (χ3n) is 3.86. The molecule has 1 N–H and O–H groups in total. The van der Waals surface area contributed by atoms with Crippen LogP contribution in [0.4, 0.5) is 0 Å². The Morgan fingerprint density at radius 3 is 2.78 bits per heavy atom. The van der Waals surface area contributed by atoms with Crippen LogP contribution in [-0.2, 0) is 11.2 Å². The standard InChI is InChI=1S/C16H29N5O2/c1-4-17-16(21-11-8-14(9-12-21)22-5-2)18-10-6-7-15-19-13(3)20-23-15/h14H,4-12H2,1-3H3,(H,17,18). The summed E-state index contributed by atoms with van der Waals surface area (Å²) in [5, 5.41) is 7.19. The van der Waals surface area contributed by atoms with E-state index in [0.29, 0.717) is 17.8 Å². The second-order valence-electron chi connectivity index (χ2n) is 5.72. The normalized spacial score (nSPS) is 16.8. The molecule has 7 nitrogen and oxygen atoms in total. The van der Waals surface area contributed by atoms with Crippen molar-refractivity contribution in [2.45, 2.75) is 52.6 Å². The lowest BCUT2D eigenvalue weighted by Gasteiger charge is -2.34. The van der Waals surface area contributed by atoms with Crippen LogP contribution in [0.2, 0.25) is 0 Å². The topological polar surface area (TPSA) is 75.8 Å². The number of nitrogens with one attached hydrogen (secondary N) is 1. The third-order valence-corrected chi connectivity index (χ3v) is 3.86. The van der Waals surface area contributed by atoms with E-state index in [2.05, 4.69) is 34.2 Å². The molecule has 1 saturated heterocycles. The summed E-state index contributed by atoms with van der Waals surface area (Å²) in [4.78, 5) is 11.3. The highest BCUT2D eigenvalue weighted by Crippen LogP contribution is 2.13. The molecule has 0 spiro atoms. The maximum Gasteiger partial charge on any atom is 0.226 e. The minimum atomic E-state index is 0.403. The molecule has 130 valence electrons. The summed E-state index contributed by atoms with van der Waals surface area (Å²) in [5.41, 5.74) is 0. The molecule has 0 bridgehead atoms. The van der Waals surface area contributed by atoms with E-state index in [1.54, 1.807) is 0 Å². The fourth-order valence-electron chi connectivity index (χ4n) is 2.75. The van der Waals surface area contributed by atoms with Gasteiger partial charge in [-0.2, -0.15) is 4.98 Å². The molecule has 0 saturated carbocycles. The average Bonchev–Trinajstić information content (AvgIpc) is 2.97. The predicted molar refractivity (Wildman–Crippen MR) is 89.6 cm³/mol. The number of guanidine groups is 1. The first-order valence-corrected chi connectivity index (χ1v) is 8.67. The fourth-order valence-corrected chi connectivity index (χ4v) is 2.75. The lowest BCUT2D eigenvalue weighted by atomic mass is 10.1. The van der Waals surface area contributed by atoms with Gasteiger partial charge in [-0.05, 0) is 40.0 Å². The van der Waals surface area contributed by atoms with Crippen LogP contribution in [0.1, 0.15) is 44.8 Å². The van der Waals surface area contributed by atoms with Crippen LogP contribution in [0.3, 0.4) is 0 Å². The summed E-state index contributed by atoms with van der Waals surface area (Å²) in [6.07, 6.45) is 4.22. The van der Waals surface area contributed by atoms with Gasteiger partial charge in [-0.3, -0.25) is 4.99 Å². The van der Waals surface area contributed by atoms with E-state index in [1.807, 2.05) is 6.92 Å². The number of piperidine rings is 1. The lowest BCUT2D eigenvalue weighted by molar-refractivity contribution is 0.0264. The van der Waals surface area contributed by atoms with Crippen LogP contribution in [0, 0.1) is 6.92 Å². The van der Waals surface area contributed by atoms with Gasteiger partial charge in [-0.25, -0.2) is 0 Å². The molecule has 1 aliphatic rings. The number of aryl methyl sites for hydroxylation is 2. The SMILES string of the molecule is CCNC(=NCCCc1nc(C)no1)N1CCC(OCC)CC1. The van der Waals surface area contributed by atoms with Gasteiger partial charge in [0.1, 0.15) is 0 Å². The molecule has 2 heterocycles. The highest BCUT2D eigenvalue weighted by atomic mass is 16.5. The van der Waals surface area contributed by atoms with Crippen molar-refractivity contribution in [1.29, 1.82) is 0 Å². The first-order chi connectivity index (χ1) is 11.2. The van der Waals surface area contributed by atoms with Gasteiger partial charge >= 0.3 is 0 Å². The molecule has 1 aliphatic heterocycles. The number of ether oxygens (including phenoxy) is 1. The van der Waals surface area contributed by atoms with Gasteiger partial charge < -0.3 is 19.5 Å².